The summed E-state index contributed by atoms with van der Waals surface area (Å²) in [6, 6.07) is 18.7. The van der Waals surface area contributed by atoms with E-state index in [1.165, 1.54) is 5.56 Å². The van der Waals surface area contributed by atoms with Gasteiger partial charge in [-0.05, 0) is 54.5 Å². The van der Waals surface area contributed by atoms with Crippen molar-refractivity contribution < 1.29 is 0 Å². The average Bonchev–Trinajstić information content (AvgIpc) is 3.29. The van der Waals surface area contributed by atoms with E-state index in [1.54, 1.807) is 0 Å². The van der Waals surface area contributed by atoms with Crippen LogP contribution in [0.2, 0.25) is 0 Å². The molecule has 0 bridgehead atoms. The maximum atomic E-state index is 5.70. The number of thiocarbonyl (C=S) groups is 1. The Hall–Kier alpha value is -2.86. The van der Waals surface area contributed by atoms with Gasteiger partial charge in [0.1, 0.15) is 0 Å². The standard InChI is InChI=1S/C22H25N5S/c1-26-15-11-17(16-26)21-20(19-10-5-6-12-24-19)25-22(28)27(21)14-7-13-23-18-8-3-2-4-9-18/h2-6,8-12,15-16,20-21,23H,7,13-14H2,1H3,(H,25,28)/t20-,21-/m0/s1. The minimum absolute atomic E-state index is 0.0539. The predicted molar refractivity (Wildman–Crippen MR) is 117 cm³/mol. The van der Waals surface area contributed by atoms with Crippen molar-refractivity contribution in [3.05, 3.63) is 84.4 Å². The normalized spacial score (nSPS) is 18.9. The first-order valence-electron chi connectivity index (χ1n) is 9.61. The monoisotopic (exact) mass is 391 g/mol. The minimum Gasteiger partial charge on any atom is -0.385 e. The molecule has 1 aliphatic heterocycles. The fourth-order valence-electron chi connectivity index (χ4n) is 3.75. The quantitative estimate of drug-likeness (QED) is 0.473. The zero-order chi connectivity index (χ0) is 19.3. The Morgan fingerprint density at radius 3 is 2.64 bits per heavy atom. The number of hydrogen-bond donors (Lipinski definition) is 2. The molecule has 6 heteroatoms. The van der Waals surface area contributed by atoms with Crippen molar-refractivity contribution in [3.8, 4) is 0 Å². The molecule has 1 saturated heterocycles. The first-order chi connectivity index (χ1) is 13.7. The lowest BCUT2D eigenvalue weighted by Gasteiger charge is -2.27. The van der Waals surface area contributed by atoms with Crippen LogP contribution in [0.1, 0.15) is 29.8 Å². The number of para-hydroxylation sites is 1. The zero-order valence-electron chi connectivity index (χ0n) is 16.0. The minimum atomic E-state index is 0.0539. The SMILES string of the molecule is Cn1ccc([C@H]2[C@H](c3ccccn3)NC(=S)N2CCCNc2ccccc2)c1. The van der Waals surface area contributed by atoms with Gasteiger partial charge in [0.15, 0.2) is 5.11 Å². The molecule has 2 aromatic heterocycles. The van der Waals surface area contributed by atoms with Crippen LogP contribution in [0.4, 0.5) is 5.69 Å². The predicted octanol–water partition coefficient (Wildman–Crippen LogP) is 3.89. The molecule has 1 aliphatic rings. The number of pyridine rings is 1. The van der Waals surface area contributed by atoms with Gasteiger partial charge < -0.3 is 20.1 Å². The highest BCUT2D eigenvalue weighted by molar-refractivity contribution is 7.80. The summed E-state index contributed by atoms with van der Waals surface area (Å²) >= 11 is 5.70. The topological polar surface area (TPSA) is 45.1 Å². The molecule has 0 aliphatic carbocycles. The number of nitrogens with one attached hydrogen (secondary N) is 2. The average molecular weight is 392 g/mol. The number of aromatic nitrogens is 2. The third-order valence-corrected chi connectivity index (χ3v) is 5.43. The molecule has 3 aromatic rings. The molecular formula is C22H25N5S. The van der Waals surface area contributed by atoms with Gasteiger partial charge in [-0.3, -0.25) is 4.98 Å². The van der Waals surface area contributed by atoms with Crippen molar-refractivity contribution in [3.63, 3.8) is 0 Å². The van der Waals surface area contributed by atoms with Crippen molar-refractivity contribution in [2.45, 2.75) is 18.5 Å². The second-order valence-corrected chi connectivity index (χ2v) is 7.46. The highest BCUT2D eigenvalue weighted by atomic mass is 32.1. The van der Waals surface area contributed by atoms with Gasteiger partial charge in [0.25, 0.3) is 0 Å². The second-order valence-electron chi connectivity index (χ2n) is 7.08. The van der Waals surface area contributed by atoms with Crippen LogP contribution < -0.4 is 10.6 Å². The molecule has 28 heavy (non-hydrogen) atoms. The first-order valence-corrected chi connectivity index (χ1v) is 10.0. The van der Waals surface area contributed by atoms with E-state index in [0.29, 0.717) is 0 Å². The van der Waals surface area contributed by atoms with E-state index < -0.39 is 0 Å². The Labute approximate surface area is 171 Å². The van der Waals surface area contributed by atoms with Crippen molar-refractivity contribution in [1.29, 1.82) is 0 Å². The van der Waals surface area contributed by atoms with Gasteiger partial charge in [-0.25, -0.2) is 0 Å². The van der Waals surface area contributed by atoms with E-state index in [2.05, 4.69) is 61.7 Å². The van der Waals surface area contributed by atoms with E-state index in [4.69, 9.17) is 12.2 Å². The summed E-state index contributed by atoms with van der Waals surface area (Å²) in [6.07, 6.45) is 7.09. The molecule has 0 saturated carbocycles. The zero-order valence-corrected chi connectivity index (χ0v) is 16.8. The van der Waals surface area contributed by atoms with Gasteiger partial charge in [-0.2, -0.15) is 0 Å². The Morgan fingerprint density at radius 1 is 1.11 bits per heavy atom. The molecule has 2 N–H and O–H groups in total. The summed E-state index contributed by atoms with van der Waals surface area (Å²) in [5.74, 6) is 0. The molecule has 2 atom stereocenters. The lowest BCUT2D eigenvalue weighted by atomic mass is 9.99. The molecule has 5 nitrogen and oxygen atoms in total. The maximum absolute atomic E-state index is 5.70. The summed E-state index contributed by atoms with van der Waals surface area (Å²) in [5, 5.41) is 7.78. The highest BCUT2D eigenvalue weighted by Crippen LogP contribution is 2.38. The van der Waals surface area contributed by atoms with Gasteiger partial charge in [0.2, 0.25) is 0 Å². The summed E-state index contributed by atoms with van der Waals surface area (Å²) < 4.78 is 2.08. The van der Waals surface area contributed by atoms with E-state index in [1.807, 2.05) is 43.6 Å². The maximum Gasteiger partial charge on any atom is 0.170 e. The highest BCUT2D eigenvalue weighted by Gasteiger charge is 2.39. The van der Waals surface area contributed by atoms with Gasteiger partial charge in [-0.1, -0.05) is 24.3 Å². The van der Waals surface area contributed by atoms with E-state index in [-0.39, 0.29) is 12.1 Å². The number of anilines is 1. The third-order valence-electron chi connectivity index (χ3n) is 5.07. The van der Waals surface area contributed by atoms with Gasteiger partial charge in [0.05, 0.1) is 17.8 Å². The van der Waals surface area contributed by atoms with Crippen LogP contribution in [0.25, 0.3) is 0 Å². The molecule has 1 aromatic carbocycles. The Kier molecular flexibility index (Phi) is 5.58. The van der Waals surface area contributed by atoms with Gasteiger partial charge in [-0.15, -0.1) is 0 Å². The summed E-state index contributed by atoms with van der Waals surface area (Å²) in [7, 11) is 2.05. The lowest BCUT2D eigenvalue weighted by Crippen LogP contribution is -2.31. The summed E-state index contributed by atoms with van der Waals surface area (Å²) in [4.78, 5) is 6.88. The molecule has 1 fully saturated rings. The van der Waals surface area contributed by atoms with Gasteiger partial charge >= 0.3 is 0 Å². The molecule has 144 valence electrons. The molecule has 3 heterocycles. The van der Waals surface area contributed by atoms with E-state index in [0.717, 1.165) is 36.0 Å². The number of rotatable bonds is 7. The molecule has 0 radical (unpaired) electrons. The summed E-state index contributed by atoms with van der Waals surface area (Å²) in [5.41, 5.74) is 3.42. The molecule has 0 amide bonds. The second kappa shape index (κ2) is 8.44. The largest absolute Gasteiger partial charge is 0.385 e. The van der Waals surface area contributed by atoms with Crippen LogP contribution in [0.5, 0.6) is 0 Å². The van der Waals surface area contributed by atoms with E-state index >= 15 is 0 Å². The first kappa shape index (κ1) is 18.5. The number of hydrogen-bond acceptors (Lipinski definition) is 3. The van der Waals surface area contributed by atoms with Gasteiger partial charge in [0, 0.05) is 44.4 Å². The molecule has 0 spiro atoms. The van der Waals surface area contributed by atoms with Crippen LogP contribution in [0.15, 0.2) is 73.2 Å². The van der Waals surface area contributed by atoms with Crippen LogP contribution in [-0.2, 0) is 7.05 Å². The van der Waals surface area contributed by atoms with Crippen molar-refractivity contribution in [2.75, 3.05) is 18.4 Å². The van der Waals surface area contributed by atoms with Crippen molar-refractivity contribution in [2.24, 2.45) is 7.05 Å². The number of benzene rings is 1. The molecule has 0 unspecified atom stereocenters. The number of aryl methyl sites for hydroxylation is 1. The fourth-order valence-corrected chi connectivity index (χ4v) is 4.08. The lowest BCUT2D eigenvalue weighted by molar-refractivity contribution is 0.316. The Morgan fingerprint density at radius 2 is 1.93 bits per heavy atom. The fraction of sp³-hybridized carbons (Fsp3) is 0.273. The van der Waals surface area contributed by atoms with Crippen molar-refractivity contribution >= 4 is 23.0 Å². The Bertz CT molecular complexity index is 909. The Balaban J connectivity index is 1.48. The molecular weight excluding hydrogens is 366 g/mol. The van der Waals surface area contributed by atoms with Crippen LogP contribution >= 0.6 is 12.2 Å². The smallest absolute Gasteiger partial charge is 0.170 e. The van der Waals surface area contributed by atoms with Crippen LogP contribution in [-0.4, -0.2) is 32.7 Å². The van der Waals surface area contributed by atoms with E-state index in [9.17, 15) is 0 Å². The number of nitrogens with zero attached hydrogens (tertiary/aromatic N) is 3. The third kappa shape index (κ3) is 4.02. The van der Waals surface area contributed by atoms with Crippen LogP contribution in [0.3, 0.4) is 0 Å². The summed E-state index contributed by atoms with van der Waals surface area (Å²) in [6.45, 7) is 1.79. The van der Waals surface area contributed by atoms with Crippen LogP contribution in [0, 0.1) is 0 Å². The van der Waals surface area contributed by atoms with Crippen molar-refractivity contribution in [1.82, 2.24) is 19.8 Å². The molecule has 4 rings (SSSR count).